The Hall–Kier alpha value is -3.54. The van der Waals surface area contributed by atoms with Gasteiger partial charge in [0.25, 0.3) is 0 Å². The van der Waals surface area contributed by atoms with Crippen LogP contribution in [-0.4, -0.2) is 13.1 Å². The van der Waals surface area contributed by atoms with E-state index in [1.165, 1.54) is 18.2 Å². The molecule has 0 aliphatic carbocycles. The molecule has 3 nitrogen and oxygen atoms in total. The van der Waals surface area contributed by atoms with Gasteiger partial charge in [-0.2, -0.15) is 13.2 Å². The Bertz CT molecular complexity index is 1170. The lowest BCUT2D eigenvalue weighted by molar-refractivity contribution is -0.138. The zero-order chi connectivity index (χ0) is 25.5. The summed E-state index contributed by atoms with van der Waals surface area (Å²) in [6.45, 7) is 9.80. The van der Waals surface area contributed by atoms with Crippen LogP contribution in [0, 0.1) is 20.8 Å². The highest BCUT2D eigenvalue weighted by Gasteiger charge is 2.30. The summed E-state index contributed by atoms with van der Waals surface area (Å²) in [5.74, 6) is -0.0350. The molecule has 0 bridgehead atoms. The smallest absolute Gasteiger partial charge is 0.416 e. The molecule has 0 saturated heterocycles. The van der Waals surface area contributed by atoms with Gasteiger partial charge in [0, 0.05) is 6.08 Å². The van der Waals surface area contributed by atoms with Crippen molar-refractivity contribution in [3.8, 4) is 11.5 Å². The average Bonchev–Trinajstić information content (AvgIpc) is 2.75. The Balaban J connectivity index is 2.04. The summed E-state index contributed by atoms with van der Waals surface area (Å²) in [6.07, 6.45) is 6.20. The predicted octanol–water partition coefficient (Wildman–Crippen LogP) is 7.71. The SMILES string of the molecule is COc1cc(C)c(C=CC(C)=CC=CC(C)=CC(=O)Oc2cccc(C(F)(F)F)c2)c(C)c1C. The minimum absolute atomic E-state index is 0.159. The number of carbonyl (C=O) groups is 1. The molecule has 0 heterocycles. The highest BCUT2D eigenvalue weighted by Crippen LogP contribution is 2.31. The number of allylic oxidation sites excluding steroid dienone is 6. The highest BCUT2D eigenvalue weighted by molar-refractivity contribution is 5.85. The summed E-state index contributed by atoms with van der Waals surface area (Å²) in [4.78, 5) is 12.0. The lowest BCUT2D eigenvalue weighted by atomic mass is 9.96. The molecule has 6 heteroatoms. The normalized spacial score (nSPS) is 13.1. The van der Waals surface area contributed by atoms with Crippen molar-refractivity contribution in [1.29, 1.82) is 0 Å². The number of esters is 1. The fourth-order valence-electron chi connectivity index (χ4n) is 3.27. The van der Waals surface area contributed by atoms with E-state index in [1.54, 1.807) is 26.2 Å². The maximum atomic E-state index is 12.8. The molecule has 34 heavy (non-hydrogen) atoms. The van der Waals surface area contributed by atoms with Crippen molar-refractivity contribution in [3.63, 3.8) is 0 Å². The molecule has 180 valence electrons. The fraction of sp³-hybridized carbons (Fsp3) is 0.250. The Morgan fingerprint density at radius 2 is 1.68 bits per heavy atom. The lowest BCUT2D eigenvalue weighted by Gasteiger charge is -2.13. The second-order valence-corrected chi connectivity index (χ2v) is 8.00. The zero-order valence-electron chi connectivity index (χ0n) is 20.2. The summed E-state index contributed by atoms with van der Waals surface area (Å²) in [6, 6.07) is 6.23. The van der Waals surface area contributed by atoms with Crippen LogP contribution in [0.15, 0.2) is 71.9 Å². The van der Waals surface area contributed by atoms with Crippen LogP contribution in [0.5, 0.6) is 11.5 Å². The quantitative estimate of drug-likeness (QED) is 0.180. The van der Waals surface area contributed by atoms with Gasteiger partial charge in [-0.1, -0.05) is 42.0 Å². The average molecular weight is 471 g/mol. The summed E-state index contributed by atoms with van der Waals surface area (Å²) >= 11 is 0. The minimum atomic E-state index is -4.50. The molecule has 0 fully saturated rings. The standard InChI is InChI=1S/C28H29F3O3/c1-18(13-14-25-20(3)16-26(33-6)22(5)21(25)4)9-7-10-19(2)15-27(32)34-24-12-8-11-23(17-24)28(29,30)31/h7-17H,1-6H3. The van der Waals surface area contributed by atoms with E-state index in [9.17, 15) is 18.0 Å². The molecular weight excluding hydrogens is 441 g/mol. The Morgan fingerprint density at radius 1 is 0.971 bits per heavy atom. The number of halogens is 3. The largest absolute Gasteiger partial charge is 0.496 e. The second-order valence-electron chi connectivity index (χ2n) is 8.00. The molecule has 0 unspecified atom stereocenters. The van der Waals surface area contributed by atoms with Crippen molar-refractivity contribution in [3.05, 3.63) is 99.7 Å². The van der Waals surface area contributed by atoms with Gasteiger partial charge in [0.1, 0.15) is 11.5 Å². The van der Waals surface area contributed by atoms with E-state index in [1.807, 2.05) is 39.0 Å². The van der Waals surface area contributed by atoms with Gasteiger partial charge in [-0.3, -0.25) is 0 Å². The third kappa shape index (κ3) is 7.51. The molecule has 2 aromatic carbocycles. The van der Waals surface area contributed by atoms with Crippen molar-refractivity contribution in [2.24, 2.45) is 0 Å². The minimum Gasteiger partial charge on any atom is -0.496 e. The van der Waals surface area contributed by atoms with E-state index in [0.29, 0.717) is 5.57 Å². The predicted molar refractivity (Wildman–Crippen MR) is 130 cm³/mol. The Labute approximate surface area is 198 Å². The molecule has 0 atom stereocenters. The molecule has 0 aliphatic heterocycles. The number of ether oxygens (including phenoxy) is 2. The maximum absolute atomic E-state index is 12.8. The molecule has 0 aromatic heterocycles. The molecule has 0 saturated carbocycles. The van der Waals surface area contributed by atoms with Gasteiger partial charge in [0.15, 0.2) is 0 Å². The number of alkyl halides is 3. The molecule has 2 rings (SSSR count). The molecule has 0 amide bonds. The van der Waals surface area contributed by atoms with Crippen LogP contribution >= 0.6 is 0 Å². The summed E-state index contributed by atoms with van der Waals surface area (Å²) in [5.41, 5.74) is 5.26. The number of benzene rings is 2. The number of rotatable bonds is 7. The highest BCUT2D eigenvalue weighted by atomic mass is 19.4. The van der Waals surface area contributed by atoms with Crippen LogP contribution in [0.25, 0.3) is 6.08 Å². The lowest BCUT2D eigenvalue weighted by Crippen LogP contribution is -2.08. The van der Waals surface area contributed by atoms with Gasteiger partial charge in [-0.05, 0) is 86.7 Å². The first-order valence-electron chi connectivity index (χ1n) is 10.7. The number of hydrogen-bond acceptors (Lipinski definition) is 3. The molecular formula is C28H29F3O3. The van der Waals surface area contributed by atoms with Gasteiger partial charge in [-0.25, -0.2) is 4.79 Å². The number of carbonyl (C=O) groups excluding carboxylic acids is 1. The van der Waals surface area contributed by atoms with Gasteiger partial charge >= 0.3 is 12.1 Å². The van der Waals surface area contributed by atoms with E-state index >= 15 is 0 Å². The molecule has 0 N–H and O–H groups in total. The number of aryl methyl sites for hydroxylation is 1. The van der Waals surface area contributed by atoms with Crippen LogP contribution in [0.2, 0.25) is 0 Å². The topological polar surface area (TPSA) is 35.5 Å². The van der Waals surface area contributed by atoms with Gasteiger partial charge in [0.05, 0.1) is 12.7 Å². The van der Waals surface area contributed by atoms with Crippen LogP contribution in [0.4, 0.5) is 13.2 Å². The Morgan fingerprint density at radius 3 is 2.32 bits per heavy atom. The van der Waals surface area contributed by atoms with Gasteiger partial charge < -0.3 is 9.47 Å². The monoisotopic (exact) mass is 470 g/mol. The number of hydrogen-bond donors (Lipinski definition) is 0. The first-order chi connectivity index (χ1) is 15.9. The van der Waals surface area contributed by atoms with Gasteiger partial charge in [0.2, 0.25) is 0 Å². The Kier molecular flexibility index (Phi) is 9.07. The van der Waals surface area contributed by atoms with Crippen molar-refractivity contribution in [2.75, 3.05) is 7.11 Å². The first-order valence-corrected chi connectivity index (χ1v) is 10.7. The molecule has 2 aromatic rings. The van der Waals surface area contributed by atoms with E-state index in [2.05, 4.69) is 13.0 Å². The van der Waals surface area contributed by atoms with Gasteiger partial charge in [-0.15, -0.1) is 0 Å². The van der Waals surface area contributed by atoms with E-state index in [-0.39, 0.29) is 5.75 Å². The van der Waals surface area contributed by atoms with E-state index in [4.69, 9.17) is 9.47 Å². The maximum Gasteiger partial charge on any atom is 0.416 e. The van der Waals surface area contributed by atoms with Crippen molar-refractivity contribution in [1.82, 2.24) is 0 Å². The summed E-state index contributed by atoms with van der Waals surface area (Å²) in [5, 5.41) is 0. The third-order valence-corrected chi connectivity index (χ3v) is 5.28. The van der Waals surface area contributed by atoms with Crippen molar-refractivity contribution >= 4 is 12.0 Å². The van der Waals surface area contributed by atoms with Crippen molar-refractivity contribution in [2.45, 2.75) is 40.8 Å². The van der Waals surface area contributed by atoms with Crippen LogP contribution in [0.3, 0.4) is 0 Å². The molecule has 0 aliphatic rings. The van der Waals surface area contributed by atoms with Crippen LogP contribution < -0.4 is 9.47 Å². The van der Waals surface area contributed by atoms with Crippen LogP contribution in [-0.2, 0) is 11.0 Å². The molecule has 0 spiro atoms. The summed E-state index contributed by atoms with van der Waals surface area (Å²) in [7, 11) is 1.66. The van der Waals surface area contributed by atoms with Crippen molar-refractivity contribution < 1.29 is 27.4 Å². The first kappa shape index (κ1) is 26.7. The van der Waals surface area contributed by atoms with E-state index < -0.39 is 17.7 Å². The van der Waals surface area contributed by atoms with Crippen LogP contribution in [0.1, 0.15) is 41.7 Å². The molecule has 0 radical (unpaired) electrons. The zero-order valence-corrected chi connectivity index (χ0v) is 20.2. The summed E-state index contributed by atoms with van der Waals surface area (Å²) < 4.78 is 48.8. The number of methoxy groups -OCH3 is 1. The fourth-order valence-corrected chi connectivity index (χ4v) is 3.27. The van der Waals surface area contributed by atoms with E-state index in [0.717, 1.165) is 45.7 Å². The third-order valence-electron chi connectivity index (χ3n) is 5.28. The second kappa shape index (κ2) is 11.5.